The maximum Gasteiger partial charge on any atom is 0.326 e. The van der Waals surface area contributed by atoms with Gasteiger partial charge in [0, 0.05) is 26.6 Å². The predicted octanol–water partition coefficient (Wildman–Crippen LogP) is 0.00230. The molecule has 0 aromatic heterocycles. The van der Waals surface area contributed by atoms with E-state index in [0.29, 0.717) is 19.6 Å². The van der Waals surface area contributed by atoms with Crippen LogP contribution in [0, 0.1) is 0 Å². The molecular weight excluding hydrogens is 174 g/mol. The summed E-state index contributed by atoms with van der Waals surface area (Å²) in [5.41, 5.74) is 0. The monoisotopic (exact) mass is 189 g/mol. The Morgan fingerprint density at radius 2 is 2.15 bits per heavy atom. The van der Waals surface area contributed by atoms with Crippen molar-refractivity contribution in [2.24, 2.45) is 0 Å². The van der Waals surface area contributed by atoms with E-state index >= 15 is 0 Å². The zero-order valence-electron chi connectivity index (χ0n) is 7.87. The first kappa shape index (κ1) is 11.9. The van der Waals surface area contributed by atoms with Crippen molar-refractivity contribution in [3.05, 3.63) is 0 Å². The summed E-state index contributed by atoms with van der Waals surface area (Å²) < 4.78 is 4.98. The highest BCUT2D eigenvalue weighted by Crippen LogP contribution is 1.93. The molecule has 0 radical (unpaired) electrons. The van der Waals surface area contributed by atoms with Crippen molar-refractivity contribution in [1.29, 1.82) is 0 Å². The third kappa shape index (κ3) is 6.10. The molecule has 2 N–H and O–H groups in total. The Kier molecular flexibility index (Phi) is 5.88. The number of carbonyl (C=O) groups is 2. The number of carboxylic acids is 1. The molecule has 0 heterocycles. The lowest BCUT2D eigenvalue weighted by atomic mass is 10.2. The van der Waals surface area contributed by atoms with Crippen LogP contribution in [0.15, 0.2) is 0 Å². The zero-order chi connectivity index (χ0) is 10.3. The lowest BCUT2D eigenvalue weighted by Gasteiger charge is -2.12. The topological polar surface area (TPSA) is 75.6 Å². The van der Waals surface area contributed by atoms with Crippen LogP contribution in [-0.2, 0) is 14.3 Å². The summed E-state index contributed by atoms with van der Waals surface area (Å²) in [6.07, 6.45) is 0.294. The van der Waals surface area contributed by atoms with Crippen LogP contribution in [0.2, 0.25) is 0 Å². The molecule has 0 aliphatic heterocycles. The first-order valence-corrected chi connectivity index (χ1v) is 4.15. The van der Waals surface area contributed by atoms with Gasteiger partial charge in [0.2, 0.25) is 5.91 Å². The number of hydrogen-bond acceptors (Lipinski definition) is 3. The van der Waals surface area contributed by atoms with E-state index < -0.39 is 12.0 Å². The summed E-state index contributed by atoms with van der Waals surface area (Å²) in [4.78, 5) is 21.1. The molecule has 0 rings (SSSR count). The highest BCUT2D eigenvalue weighted by molar-refractivity contribution is 5.81. The fourth-order valence-electron chi connectivity index (χ4n) is 0.848. The van der Waals surface area contributed by atoms with Crippen molar-refractivity contribution in [2.75, 3.05) is 13.2 Å². The molecule has 0 aliphatic carbocycles. The van der Waals surface area contributed by atoms with Crippen LogP contribution >= 0.6 is 0 Å². The van der Waals surface area contributed by atoms with Gasteiger partial charge in [0.15, 0.2) is 0 Å². The molecule has 0 aromatic rings. The average Bonchev–Trinajstić information content (AvgIpc) is 2.02. The number of nitrogens with one attached hydrogen (secondary N) is 1. The van der Waals surface area contributed by atoms with Crippen LogP contribution in [0.3, 0.4) is 0 Å². The van der Waals surface area contributed by atoms with E-state index in [1.165, 1.54) is 6.92 Å². The minimum atomic E-state index is -1.03. The van der Waals surface area contributed by atoms with Gasteiger partial charge >= 0.3 is 5.97 Å². The van der Waals surface area contributed by atoms with Crippen LogP contribution < -0.4 is 5.32 Å². The second-order valence-electron chi connectivity index (χ2n) is 2.58. The quantitative estimate of drug-likeness (QED) is 0.577. The molecular formula is C8H15NO4. The summed E-state index contributed by atoms with van der Waals surface area (Å²) in [6, 6.07) is -0.843. The standard InChI is InChI=1S/C8H15NO4/c1-3-13-5-4-7(8(11)12)9-6(2)10/h7H,3-5H2,1-2H3,(H,9,10)(H,11,12)/t7-/m0/s1. The van der Waals surface area contributed by atoms with Crippen LogP contribution in [0.1, 0.15) is 20.3 Å². The van der Waals surface area contributed by atoms with E-state index in [4.69, 9.17) is 9.84 Å². The molecule has 0 bridgehead atoms. The predicted molar refractivity (Wildman–Crippen MR) is 46.4 cm³/mol. The van der Waals surface area contributed by atoms with Crippen molar-refractivity contribution >= 4 is 11.9 Å². The average molecular weight is 189 g/mol. The van der Waals surface area contributed by atoms with Gasteiger partial charge in [0.1, 0.15) is 6.04 Å². The lowest BCUT2D eigenvalue weighted by Crippen LogP contribution is -2.40. The summed E-state index contributed by atoms with van der Waals surface area (Å²) in [5, 5.41) is 11.0. The van der Waals surface area contributed by atoms with Gasteiger partial charge < -0.3 is 15.2 Å². The number of amides is 1. The normalized spacial score (nSPS) is 12.2. The maximum atomic E-state index is 10.6. The SMILES string of the molecule is CCOCC[C@H](NC(C)=O)C(=O)O. The Labute approximate surface area is 77.1 Å². The van der Waals surface area contributed by atoms with Gasteiger partial charge in [-0.05, 0) is 6.92 Å². The van der Waals surface area contributed by atoms with Crippen molar-refractivity contribution in [2.45, 2.75) is 26.3 Å². The number of aliphatic carboxylic acids is 1. The molecule has 0 aliphatic rings. The van der Waals surface area contributed by atoms with E-state index in [1.54, 1.807) is 0 Å². The zero-order valence-corrected chi connectivity index (χ0v) is 7.87. The van der Waals surface area contributed by atoms with Crippen molar-refractivity contribution < 1.29 is 19.4 Å². The number of carboxylic acid groups (broad SMARTS) is 1. The van der Waals surface area contributed by atoms with Crippen molar-refractivity contribution in [3.63, 3.8) is 0 Å². The summed E-state index contributed by atoms with van der Waals surface area (Å²) in [5.74, 6) is -1.38. The molecule has 0 saturated carbocycles. The highest BCUT2D eigenvalue weighted by atomic mass is 16.5. The lowest BCUT2D eigenvalue weighted by molar-refractivity contribution is -0.142. The van der Waals surface area contributed by atoms with Gasteiger partial charge in [-0.15, -0.1) is 0 Å². The Morgan fingerprint density at radius 1 is 1.54 bits per heavy atom. The first-order valence-electron chi connectivity index (χ1n) is 4.15. The molecule has 0 saturated heterocycles. The smallest absolute Gasteiger partial charge is 0.326 e. The molecule has 0 spiro atoms. The van der Waals surface area contributed by atoms with Crippen LogP contribution in [0.25, 0.3) is 0 Å². The van der Waals surface area contributed by atoms with Crippen molar-refractivity contribution in [3.8, 4) is 0 Å². The van der Waals surface area contributed by atoms with E-state index in [9.17, 15) is 9.59 Å². The van der Waals surface area contributed by atoms with E-state index in [2.05, 4.69) is 5.32 Å². The maximum absolute atomic E-state index is 10.6. The second-order valence-corrected chi connectivity index (χ2v) is 2.58. The van der Waals surface area contributed by atoms with E-state index in [-0.39, 0.29) is 5.91 Å². The van der Waals surface area contributed by atoms with E-state index in [1.807, 2.05) is 6.92 Å². The highest BCUT2D eigenvalue weighted by Gasteiger charge is 2.17. The molecule has 13 heavy (non-hydrogen) atoms. The van der Waals surface area contributed by atoms with Gasteiger partial charge in [-0.1, -0.05) is 0 Å². The van der Waals surface area contributed by atoms with Gasteiger partial charge in [-0.3, -0.25) is 4.79 Å². The molecule has 76 valence electrons. The third-order valence-corrected chi connectivity index (χ3v) is 1.43. The van der Waals surface area contributed by atoms with Crippen molar-refractivity contribution in [1.82, 2.24) is 5.32 Å². The molecule has 0 unspecified atom stereocenters. The number of ether oxygens (including phenoxy) is 1. The fourth-order valence-corrected chi connectivity index (χ4v) is 0.848. The summed E-state index contributed by atoms with van der Waals surface area (Å²) in [6.45, 7) is 4.00. The first-order chi connectivity index (χ1) is 6.07. The van der Waals surface area contributed by atoms with Gasteiger partial charge in [-0.25, -0.2) is 4.79 Å². The van der Waals surface area contributed by atoms with Gasteiger partial charge in [-0.2, -0.15) is 0 Å². The number of carbonyl (C=O) groups excluding carboxylic acids is 1. The largest absolute Gasteiger partial charge is 0.480 e. The number of hydrogen-bond donors (Lipinski definition) is 2. The van der Waals surface area contributed by atoms with Crippen LogP contribution in [-0.4, -0.2) is 36.2 Å². The molecule has 1 atom stereocenters. The van der Waals surface area contributed by atoms with Gasteiger partial charge in [0.25, 0.3) is 0 Å². The molecule has 0 fully saturated rings. The summed E-state index contributed by atoms with van der Waals surface area (Å²) in [7, 11) is 0. The Hall–Kier alpha value is -1.10. The Morgan fingerprint density at radius 3 is 2.54 bits per heavy atom. The minimum absolute atomic E-state index is 0.294. The molecule has 5 nitrogen and oxygen atoms in total. The fraction of sp³-hybridized carbons (Fsp3) is 0.750. The van der Waals surface area contributed by atoms with Crippen LogP contribution in [0.5, 0.6) is 0 Å². The van der Waals surface area contributed by atoms with E-state index in [0.717, 1.165) is 0 Å². The van der Waals surface area contributed by atoms with Gasteiger partial charge in [0.05, 0.1) is 0 Å². The van der Waals surface area contributed by atoms with Crippen LogP contribution in [0.4, 0.5) is 0 Å². The minimum Gasteiger partial charge on any atom is -0.480 e. The second kappa shape index (κ2) is 6.42. The molecule has 0 aromatic carbocycles. The molecule has 5 heteroatoms. The number of rotatable bonds is 6. The molecule has 1 amide bonds. The Bertz CT molecular complexity index is 181. The summed E-state index contributed by atoms with van der Waals surface area (Å²) >= 11 is 0. The Balaban J connectivity index is 3.81. The third-order valence-electron chi connectivity index (χ3n) is 1.43.